The second-order valence-electron chi connectivity index (χ2n) is 7.65. The number of pyridine rings is 1. The maximum Gasteiger partial charge on any atom is 0.277 e. The first-order valence-corrected chi connectivity index (χ1v) is 10.2. The zero-order chi connectivity index (χ0) is 20.0. The summed E-state index contributed by atoms with van der Waals surface area (Å²) in [5.41, 5.74) is 3.39. The second kappa shape index (κ2) is 7.28. The lowest BCUT2D eigenvalue weighted by atomic mass is 10.1. The van der Waals surface area contributed by atoms with Crippen LogP contribution in [0.1, 0.15) is 18.0 Å². The van der Waals surface area contributed by atoms with E-state index in [9.17, 15) is 4.79 Å². The van der Waals surface area contributed by atoms with Crippen molar-refractivity contribution in [1.29, 1.82) is 0 Å². The van der Waals surface area contributed by atoms with E-state index in [4.69, 9.17) is 11.6 Å². The summed E-state index contributed by atoms with van der Waals surface area (Å²) < 4.78 is 0. The zero-order valence-corrected chi connectivity index (χ0v) is 16.9. The molecule has 0 spiro atoms. The van der Waals surface area contributed by atoms with Crippen molar-refractivity contribution in [3.8, 4) is 0 Å². The number of nitrogens with zero attached hydrogens (tertiary/aromatic N) is 4. The molecule has 2 aromatic rings. The topological polar surface area (TPSA) is 60.8 Å². The molecule has 2 fully saturated rings. The highest BCUT2D eigenvalue weighted by Gasteiger charge is 2.37. The van der Waals surface area contributed by atoms with Gasteiger partial charge in [0.2, 0.25) is 0 Å². The maximum atomic E-state index is 12.9. The Kier molecular flexibility index (Phi) is 4.60. The van der Waals surface area contributed by atoms with Gasteiger partial charge in [0.05, 0.1) is 24.5 Å². The monoisotopic (exact) mass is 407 g/mol. The maximum absolute atomic E-state index is 12.9. The van der Waals surface area contributed by atoms with Gasteiger partial charge < -0.3 is 15.1 Å². The number of rotatable bonds is 4. The number of likely N-dealkylation sites (N-methyl/N-ethyl adjacent to an activating group) is 1. The van der Waals surface area contributed by atoms with E-state index in [0.29, 0.717) is 23.3 Å². The molecule has 0 saturated carbocycles. The van der Waals surface area contributed by atoms with Crippen LogP contribution in [-0.2, 0) is 4.79 Å². The highest BCUT2D eigenvalue weighted by atomic mass is 35.5. The summed E-state index contributed by atoms with van der Waals surface area (Å²) in [6.45, 7) is 2.49. The van der Waals surface area contributed by atoms with E-state index in [2.05, 4.69) is 26.3 Å². The SMILES string of the molecule is CNC1CCN(c2ccc(N3CC4=C[C@@H](c5ccc(Cl)cc5)N=C4C3=O)cn2)C1. The minimum atomic E-state index is -0.112. The third-order valence-corrected chi connectivity index (χ3v) is 6.14. The molecular formula is C22H22ClN5O. The number of carbonyl (C=O) groups is 1. The minimum Gasteiger partial charge on any atom is -0.355 e. The van der Waals surface area contributed by atoms with Gasteiger partial charge in [0.1, 0.15) is 11.5 Å². The fourth-order valence-corrected chi connectivity index (χ4v) is 4.31. The molecule has 3 aliphatic heterocycles. The van der Waals surface area contributed by atoms with Crippen molar-refractivity contribution >= 4 is 34.7 Å². The smallest absolute Gasteiger partial charge is 0.277 e. The Morgan fingerprint density at radius 2 is 2.00 bits per heavy atom. The number of halogens is 1. The average Bonchev–Trinajstić information content (AvgIpc) is 3.45. The predicted octanol–water partition coefficient (Wildman–Crippen LogP) is 3.00. The molecule has 3 aliphatic rings. The molecule has 7 heteroatoms. The third kappa shape index (κ3) is 3.32. The predicted molar refractivity (Wildman–Crippen MR) is 116 cm³/mol. The summed E-state index contributed by atoms with van der Waals surface area (Å²) in [5.74, 6) is 0.899. The highest BCUT2D eigenvalue weighted by Crippen LogP contribution is 2.34. The lowest BCUT2D eigenvalue weighted by Gasteiger charge is -2.20. The van der Waals surface area contributed by atoms with Crippen molar-refractivity contribution in [2.45, 2.75) is 18.5 Å². The van der Waals surface area contributed by atoms with Crippen LogP contribution in [0.25, 0.3) is 0 Å². The molecule has 1 aromatic heterocycles. The first-order valence-electron chi connectivity index (χ1n) is 9.87. The largest absolute Gasteiger partial charge is 0.355 e. The lowest BCUT2D eigenvalue weighted by molar-refractivity contribution is -0.111. The van der Waals surface area contributed by atoms with Crippen LogP contribution in [0.15, 0.2) is 59.2 Å². The number of aliphatic imine (C=N–C) groups is 1. The summed E-state index contributed by atoms with van der Waals surface area (Å²) in [5, 5.41) is 4.01. The van der Waals surface area contributed by atoms with Crippen LogP contribution in [0.2, 0.25) is 5.02 Å². The summed E-state index contributed by atoms with van der Waals surface area (Å²) in [7, 11) is 2.00. The van der Waals surface area contributed by atoms with E-state index >= 15 is 0 Å². The van der Waals surface area contributed by atoms with Crippen LogP contribution in [0.4, 0.5) is 11.5 Å². The van der Waals surface area contributed by atoms with Gasteiger partial charge in [-0.05, 0) is 49.4 Å². The van der Waals surface area contributed by atoms with Gasteiger partial charge in [-0.3, -0.25) is 9.79 Å². The second-order valence-corrected chi connectivity index (χ2v) is 8.09. The van der Waals surface area contributed by atoms with E-state index < -0.39 is 0 Å². The molecule has 1 aromatic carbocycles. The van der Waals surface area contributed by atoms with Gasteiger partial charge in [0, 0.05) is 29.7 Å². The molecule has 0 aliphatic carbocycles. The number of amides is 1. The number of fused-ring (bicyclic) bond motifs is 1. The van der Waals surface area contributed by atoms with Crippen molar-refractivity contribution in [1.82, 2.24) is 10.3 Å². The highest BCUT2D eigenvalue weighted by molar-refractivity contribution is 6.53. The molecule has 2 atom stereocenters. The first kappa shape index (κ1) is 18.3. The Labute approximate surface area is 174 Å². The van der Waals surface area contributed by atoms with Crippen LogP contribution in [0.3, 0.4) is 0 Å². The molecular weight excluding hydrogens is 386 g/mol. The van der Waals surface area contributed by atoms with Crippen LogP contribution < -0.4 is 15.1 Å². The number of benzene rings is 1. The molecule has 1 N–H and O–H groups in total. The van der Waals surface area contributed by atoms with E-state index in [0.717, 1.165) is 42.2 Å². The molecule has 5 rings (SSSR count). The van der Waals surface area contributed by atoms with E-state index in [1.165, 1.54) is 0 Å². The minimum absolute atomic E-state index is 0.0568. The van der Waals surface area contributed by atoms with E-state index in [-0.39, 0.29) is 11.9 Å². The van der Waals surface area contributed by atoms with Crippen LogP contribution in [0, 0.1) is 0 Å². The summed E-state index contributed by atoms with van der Waals surface area (Å²) in [6.07, 6.45) is 4.98. The summed E-state index contributed by atoms with van der Waals surface area (Å²) in [6, 6.07) is 12.0. The number of hydrogen-bond donors (Lipinski definition) is 1. The van der Waals surface area contributed by atoms with Gasteiger partial charge in [-0.25, -0.2) is 4.98 Å². The first-order chi connectivity index (χ1) is 14.1. The molecule has 6 nitrogen and oxygen atoms in total. The standard InChI is InChI=1S/C22H22ClN5O/c1-24-17-8-9-27(13-17)20-7-6-18(11-25-20)28-12-15-10-19(26-21(15)22(28)29)14-2-4-16(23)5-3-14/h2-7,10-11,17,19,24H,8-9,12-13H2,1H3/t17?,19-/m0/s1. The number of aromatic nitrogens is 1. The Balaban J connectivity index is 1.31. The Morgan fingerprint density at radius 3 is 2.66 bits per heavy atom. The Morgan fingerprint density at radius 1 is 1.17 bits per heavy atom. The fourth-order valence-electron chi connectivity index (χ4n) is 4.19. The normalized spacial score (nSPS) is 23.4. The Hall–Kier alpha value is -2.70. The quantitative estimate of drug-likeness (QED) is 0.846. The van der Waals surface area contributed by atoms with Crippen LogP contribution >= 0.6 is 11.6 Å². The lowest BCUT2D eigenvalue weighted by Crippen LogP contribution is -2.30. The third-order valence-electron chi connectivity index (χ3n) is 5.88. The van der Waals surface area contributed by atoms with Crippen molar-refractivity contribution < 1.29 is 4.79 Å². The van der Waals surface area contributed by atoms with Gasteiger partial charge in [-0.2, -0.15) is 0 Å². The van der Waals surface area contributed by atoms with Crippen molar-refractivity contribution in [2.75, 3.05) is 36.5 Å². The molecule has 1 amide bonds. The van der Waals surface area contributed by atoms with E-state index in [1.54, 1.807) is 11.1 Å². The zero-order valence-electron chi connectivity index (χ0n) is 16.2. The van der Waals surface area contributed by atoms with Gasteiger partial charge in [-0.1, -0.05) is 23.7 Å². The molecule has 1 unspecified atom stereocenters. The van der Waals surface area contributed by atoms with Crippen molar-refractivity contribution in [2.24, 2.45) is 4.99 Å². The van der Waals surface area contributed by atoms with Gasteiger partial charge in [0.15, 0.2) is 0 Å². The average molecular weight is 408 g/mol. The Bertz CT molecular complexity index is 999. The molecule has 2 saturated heterocycles. The number of anilines is 2. The molecule has 4 heterocycles. The van der Waals surface area contributed by atoms with Crippen LogP contribution in [0.5, 0.6) is 0 Å². The number of nitrogens with one attached hydrogen (secondary N) is 1. The molecule has 29 heavy (non-hydrogen) atoms. The van der Waals surface area contributed by atoms with Crippen molar-refractivity contribution in [3.63, 3.8) is 0 Å². The summed E-state index contributed by atoms with van der Waals surface area (Å²) >= 11 is 5.97. The van der Waals surface area contributed by atoms with Gasteiger partial charge >= 0.3 is 0 Å². The van der Waals surface area contributed by atoms with Gasteiger partial charge in [-0.15, -0.1) is 0 Å². The molecule has 148 valence electrons. The molecule has 0 bridgehead atoms. The fraction of sp³-hybridized carbons (Fsp3) is 0.318. The molecule has 0 radical (unpaired) electrons. The number of carbonyl (C=O) groups excluding carboxylic acids is 1. The van der Waals surface area contributed by atoms with Gasteiger partial charge in [0.25, 0.3) is 5.91 Å². The summed E-state index contributed by atoms with van der Waals surface area (Å²) in [4.78, 5) is 26.2. The van der Waals surface area contributed by atoms with E-state index in [1.807, 2.05) is 43.4 Å². The number of hydrogen-bond acceptors (Lipinski definition) is 5. The van der Waals surface area contributed by atoms with Crippen LogP contribution in [-0.4, -0.2) is 49.3 Å². The van der Waals surface area contributed by atoms with Crippen molar-refractivity contribution in [3.05, 3.63) is 64.8 Å².